The van der Waals surface area contributed by atoms with E-state index in [1.165, 1.54) is 18.2 Å². The molecule has 1 aliphatic heterocycles. The fourth-order valence-electron chi connectivity index (χ4n) is 2.33. The molecule has 1 aromatic rings. The molecular weight excluding hydrogens is 318 g/mol. The van der Waals surface area contributed by atoms with Gasteiger partial charge in [0.05, 0.1) is 10.6 Å². The van der Waals surface area contributed by atoms with Gasteiger partial charge in [-0.25, -0.2) is 4.39 Å². The third-order valence-corrected chi connectivity index (χ3v) is 4.03. The first-order valence-corrected chi connectivity index (χ1v) is 7.52. The van der Waals surface area contributed by atoms with Crippen molar-refractivity contribution in [2.75, 3.05) is 19.0 Å². The van der Waals surface area contributed by atoms with Gasteiger partial charge in [0, 0.05) is 19.1 Å². The summed E-state index contributed by atoms with van der Waals surface area (Å²) in [6, 6.07) is 4.02. The summed E-state index contributed by atoms with van der Waals surface area (Å²) in [6.45, 7) is 1.06. The van der Waals surface area contributed by atoms with Crippen LogP contribution in [-0.2, 0) is 4.79 Å². The number of carbonyl (C=O) groups is 2. The van der Waals surface area contributed by atoms with Crippen molar-refractivity contribution in [3.05, 3.63) is 34.6 Å². The average Bonchev–Trinajstić information content (AvgIpc) is 2.47. The summed E-state index contributed by atoms with van der Waals surface area (Å²) in [7, 11) is 0. The van der Waals surface area contributed by atoms with Crippen LogP contribution >= 0.6 is 23.2 Å². The Morgan fingerprint density at radius 2 is 2.00 bits per heavy atom. The first-order valence-electron chi connectivity index (χ1n) is 6.61. The minimum atomic E-state index is -0.644. The van der Waals surface area contributed by atoms with E-state index in [0.717, 1.165) is 0 Å². The summed E-state index contributed by atoms with van der Waals surface area (Å²) in [5, 5.41) is 2.85. The van der Waals surface area contributed by atoms with Crippen LogP contribution in [0.15, 0.2) is 18.2 Å². The fraction of sp³-hybridized carbons (Fsp3) is 0.429. The Hall–Kier alpha value is -1.33. The molecule has 1 heterocycles. The first kappa shape index (κ1) is 16.0. The topological polar surface area (TPSA) is 49.4 Å². The van der Waals surface area contributed by atoms with Crippen molar-refractivity contribution in [2.45, 2.75) is 18.9 Å². The van der Waals surface area contributed by atoms with Gasteiger partial charge in [-0.3, -0.25) is 9.59 Å². The van der Waals surface area contributed by atoms with Gasteiger partial charge in [0.15, 0.2) is 0 Å². The van der Waals surface area contributed by atoms with E-state index in [4.69, 9.17) is 23.2 Å². The lowest BCUT2D eigenvalue weighted by molar-refractivity contribution is -0.129. The maximum Gasteiger partial charge on any atom is 0.255 e. The molecule has 2 rings (SSSR count). The van der Waals surface area contributed by atoms with E-state index in [1.54, 1.807) is 4.90 Å². The number of nitrogens with one attached hydrogen (secondary N) is 1. The van der Waals surface area contributed by atoms with Gasteiger partial charge in [0.2, 0.25) is 5.91 Å². The van der Waals surface area contributed by atoms with Gasteiger partial charge in [-0.15, -0.1) is 11.6 Å². The van der Waals surface area contributed by atoms with Gasteiger partial charge >= 0.3 is 0 Å². The van der Waals surface area contributed by atoms with Crippen LogP contribution in [0.5, 0.6) is 0 Å². The quantitative estimate of drug-likeness (QED) is 0.864. The molecular formula is C14H15Cl2FN2O2. The molecule has 0 spiro atoms. The molecule has 4 nitrogen and oxygen atoms in total. The number of halogens is 3. The first-order chi connectivity index (χ1) is 10.0. The molecule has 0 saturated carbocycles. The molecule has 114 valence electrons. The third kappa shape index (κ3) is 3.86. The molecule has 0 aliphatic carbocycles. The average molecular weight is 333 g/mol. The Morgan fingerprint density at radius 1 is 1.33 bits per heavy atom. The van der Waals surface area contributed by atoms with Crippen LogP contribution in [0, 0.1) is 5.82 Å². The molecule has 1 fully saturated rings. The normalized spacial score (nSPS) is 15.9. The Kier molecular flexibility index (Phi) is 5.42. The number of carbonyl (C=O) groups excluding carboxylic acids is 2. The number of likely N-dealkylation sites (tertiary alicyclic amines) is 1. The molecule has 0 unspecified atom stereocenters. The molecule has 0 bridgehead atoms. The number of benzene rings is 1. The molecule has 0 radical (unpaired) electrons. The summed E-state index contributed by atoms with van der Waals surface area (Å²) in [5.74, 6) is -1.32. The largest absolute Gasteiger partial charge is 0.349 e. The van der Waals surface area contributed by atoms with E-state index >= 15 is 0 Å². The van der Waals surface area contributed by atoms with Gasteiger partial charge in [-0.2, -0.15) is 0 Å². The van der Waals surface area contributed by atoms with Crippen molar-refractivity contribution >= 4 is 35.0 Å². The minimum absolute atomic E-state index is 0.0398. The zero-order valence-electron chi connectivity index (χ0n) is 11.2. The highest BCUT2D eigenvalue weighted by Crippen LogP contribution is 2.20. The zero-order valence-corrected chi connectivity index (χ0v) is 12.8. The molecule has 0 aromatic heterocycles. The Morgan fingerprint density at radius 3 is 2.57 bits per heavy atom. The second-order valence-corrected chi connectivity index (χ2v) is 5.53. The Balaban J connectivity index is 1.95. The number of rotatable bonds is 3. The number of nitrogens with zero attached hydrogens (tertiary/aromatic N) is 1. The van der Waals surface area contributed by atoms with E-state index in [0.29, 0.717) is 25.9 Å². The molecule has 1 aromatic carbocycles. The van der Waals surface area contributed by atoms with Crippen LogP contribution in [-0.4, -0.2) is 41.7 Å². The summed E-state index contributed by atoms with van der Waals surface area (Å²) in [6.07, 6.45) is 1.22. The molecule has 1 saturated heterocycles. The molecule has 1 N–H and O–H groups in total. The summed E-state index contributed by atoms with van der Waals surface area (Å²) >= 11 is 11.4. The lowest BCUT2D eigenvalue weighted by atomic mass is 10.0. The van der Waals surface area contributed by atoms with Crippen molar-refractivity contribution in [2.24, 2.45) is 0 Å². The predicted molar refractivity (Wildman–Crippen MR) is 79.2 cm³/mol. The van der Waals surface area contributed by atoms with Crippen LogP contribution in [0.2, 0.25) is 5.02 Å². The zero-order chi connectivity index (χ0) is 15.4. The molecule has 0 atom stereocenters. The third-order valence-electron chi connectivity index (χ3n) is 3.49. The summed E-state index contributed by atoms with van der Waals surface area (Å²) in [5.41, 5.74) is -0.140. The van der Waals surface area contributed by atoms with Gasteiger partial charge in [-0.1, -0.05) is 17.7 Å². The smallest absolute Gasteiger partial charge is 0.255 e. The Labute approximate surface area is 132 Å². The minimum Gasteiger partial charge on any atom is -0.349 e. The van der Waals surface area contributed by atoms with E-state index in [9.17, 15) is 14.0 Å². The second kappa shape index (κ2) is 7.09. The van der Waals surface area contributed by atoms with Crippen molar-refractivity contribution < 1.29 is 14.0 Å². The summed E-state index contributed by atoms with van der Waals surface area (Å²) in [4.78, 5) is 25.2. The lowest BCUT2D eigenvalue weighted by Gasteiger charge is -2.32. The maximum absolute atomic E-state index is 13.7. The van der Waals surface area contributed by atoms with Gasteiger partial charge < -0.3 is 10.2 Å². The van der Waals surface area contributed by atoms with Crippen molar-refractivity contribution in [1.82, 2.24) is 10.2 Å². The SMILES string of the molecule is O=C(NC1CCN(C(=O)CCl)CC1)c1c(F)cccc1Cl. The van der Waals surface area contributed by atoms with E-state index < -0.39 is 11.7 Å². The second-order valence-electron chi connectivity index (χ2n) is 4.86. The number of alkyl halides is 1. The van der Waals surface area contributed by atoms with Crippen LogP contribution in [0.1, 0.15) is 23.2 Å². The molecule has 1 aliphatic rings. The highest BCUT2D eigenvalue weighted by molar-refractivity contribution is 6.33. The number of amides is 2. The van der Waals surface area contributed by atoms with E-state index in [2.05, 4.69) is 5.32 Å². The van der Waals surface area contributed by atoms with Crippen molar-refractivity contribution in [3.8, 4) is 0 Å². The fourth-order valence-corrected chi connectivity index (χ4v) is 2.75. The van der Waals surface area contributed by atoms with Gasteiger partial charge in [0.1, 0.15) is 11.7 Å². The highest BCUT2D eigenvalue weighted by Gasteiger charge is 2.25. The van der Waals surface area contributed by atoms with Crippen molar-refractivity contribution in [1.29, 1.82) is 0 Å². The molecule has 2 amide bonds. The van der Waals surface area contributed by atoms with Crippen LogP contribution < -0.4 is 5.32 Å². The number of hydrogen-bond acceptors (Lipinski definition) is 2. The molecule has 7 heteroatoms. The van der Waals surface area contributed by atoms with Crippen molar-refractivity contribution in [3.63, 3.8) is 0 Å². The summed E-state index contributed by atoms with van der Waals surface area (Å²) < 4.78 is 13.7. The van der Waals surface area contributed by atoms with Gasteiger partial charge in [0.25, 0.3) is 5.91 Å². The number of piperidine rings is 1. The number of hydrogen-bond donors (Lipinski definition) is 1. The van der Waals surface area contributed by atoms with Gasteiger partial charge in [-0.05, 0) is 25.0 Å². The molecule has 21 heavy (non-hydrogen) atoms. The Bertz CT molecular complexity index is 526. The van der Waals surface area contributed by atoms with Crippen LogP contribution in [0.3, 0.4) is 0 Å². The van der Waals surface area contributed by atoms with E-state index in [1.807, 2.05) is 0 Å². The lowest BCUT2D eigenvalue weighted by Crippen LogP contribution is -2.47. The highest BCUT2D eigenvalue weighted by atomic mass is 35.5. The van der Waals surface area contributed by atoms with Crippen LogP contribution in [0.4, 0.5) is 4.39 Å². The monoisotopic (exact) mass is 332 g/mol. The van der Waals surface area contributed by atoms with Crippen LogP contribution in [0.25, 0.3) is 0 Å². The van der Waals surface area contributed by atoms with E-state index in [-0.39, 0.29) is 28.4 Å². The predicted octanol–water partition coefficient (Wildman–Crippen LogP) is 2.44. The maximum atomic E-state index is 13.7. The standard InChI is InChI=1S/C14H15Cl2FN2O2/c15-8-12(20)19-6-4-9(5-7-19)18-14(21)13-10(16)2-1-3-11(13)17/h1-3,9H,4-8H2,(H,18,21).